The Morgan fingerprint density at radius 3 is 2.43 bits per heavy atom. The predicted octanol–water partition coefficient (Wildman–Crippen LogP) is 0.398. The molecule has 0 aromatic carbocycles. The summed E-state index contributed by atoms with van der Waals surface area (Å²) in [7, 11) is 0. The highest BCUT2D eigenvalue weighted by atomic mass is 32.1. The summed E-state index contributed by atoms with van der Waals surface area (Å²) in [4.78, 5) is 10.2. The fourth-order valence-electron chi connectivity index (χ4n) is 1.05. The Morgan fingerprint density at radius 1 is 1.43 bits per heavy atom. The molecule has 0 rings (SSSR count). The van der Waals surface area contributed by atoms with Crippen molar-refractivity contribution in [2.24, 2.45) is 11.5 Å². The van der Waals surface area contributed by atoms with Crippen molar-refractivity contribution in [2.75, 3.05) is 0 Å². The van der Waals surface area contributed by atoms with Crippen molar-refractivity contribution in [3.8, 4) is 0 Å². The molecule has 0 saturated heterocycles. The molecule has 0 heterocycles. The molecule has 0 aromatic rings. The van der Waals surface area contributed by atoms with E-state index in [2.05, 4.69) is 0 Å². The number of unbranched alkanes of at least 4 members (excludes halogenated alkanes) is 1. The van der Waals surface area contributed by atoms with Crippen LogP contribution in [0.4, 0.5) is 0 Å². The van der Waals surface area contributed by atoms with Crippen molar-refractivity contribution in [3.05, 3.63) is 0 Å². The van der Waals surface area contributed by atoms with Crippen LogP contribution in [0, 0.1) is 5.41 Å². The molecule has 0 saturated carbocycles. The van der Waals surface area contributed by atoms with Gasteiger partial charge in [0.15, 0.2) is 0 Å². The molecule has 0 fully saturated rings. The van der Waals surface area contributed by atoms with Gasteiger partial charge in [-0.2, -0.15) is 13.5 Å². The average molecular weight is 221 g/mol. The van der Waals surface area contributed by atoms with E-state index in [0.717, 1.165) is 12.8 Å². The number of nitrogens with two attached hydrogens (primary N) is 2. The molecule has 0 aliphatic carbocycles. The number of nitrogens with one attached hydrogen (secondary N) is 1. The molecule has 0 radical (unpaired) electrons. The van der Waals surface area contributed by atoms with Gasteiger partial charge >= 0.3 is 5.97 Å². The molecule has 0 spiro atoms. The third kappa shape index (κ3) is 11.2. The van der Waals surface area contributed by atoms with Gasteiger partial charge < -0.3 is 16.6 Å². The van der Waals surface area contributed by atoms with Gasteiger partial charge in [0.05, 0.1) is 12.3 Å². The zero-order valence-electron chi connectivity index (χ0n) is 8.12. The normalized spacial score (nSPS) is 11.5. The highest BCUT2D eigenvalue weighted by Crippen LogP contribution is 2.04. The van der Waals surface area contributed by atoms with Crippen molar-refractivity contribution in [1.82, 2.24) is 0 Å². The molecule has 0 bridgehead atoms. The van der Waals surface area contributed by atoms with Crippen molar-refractivity contribution < 1.29 is 9.90 Å². The van der Waals surface area contributed by atoms with Gasteiger partial charge in [-0.05, 0) is 12.8 Å². The summed E-state index contributed by atoms with van der Waals surface area (Å²) in [6.07, 6.45) is 2.90. The zero-order chi connectivity index (χ0) is 10.3. The van der Waals surface area contributed by atoms with E-state index in [4.69, 9.17) is 22.0 Å². The molecular formula is C8H19N3O2S. The lowest BCUT2D eigenvalue weighted by Gasteiger charge is -2.07. The van der Waals surface area contributed by atoms with Gasteiger partial charge in [-0.25, -0.2) is 0 Å². The van der Waals surface area contributed by atoms with Gasteiger partial charge in [-0.3, -0.25) is 10.2 Å². The lowest BCUT2D eigenvalue weighted by molar-refractivity contribution is -0.137. The highest BCUT2D eigenvalue weighted by Gasteiger charge is 2.06. The molecule has 6 heteroatoms. The SMILES string of the molecule is N=C(N)CCCC[C@H](N)CC(=O)O.S. The minimum absolute atomic E-state index is 0. The smallest absolute Gasteiger partial charge is 0.304 e. The molecule has 5 nitrogen and oxygen atoms in total. The third-order valence-electron chi connectivity index (χ3n) is 1.71. The maximum Gasteiger partial charge on any atom is 0.304 e. The van der Waals surface area contributed by atoms with Gasteiger partial charge in [-0.1, -0.05) is 6.42 Å². The van der Waals surface area contributed by atoms with Crippen LogP contribution < -0.4 is 11.5 Å². The van der Waals surface area contributed by atoms with Crippen LogP contribution in [0.1, 0.15) is 32.1 Å². The fourth-order valence-corrected chi connectivity index (χ4v) is 1.05. The molecule has 0 amide bonds. The summed E-state index contributed by atoms with van der Waals surface area (Å²) >= 11 is 0. The Labute approximate surface area is 90.8 Å². The minimum atomic E-state index is -0.862. The van der Waals surface area contributed by atoms with Crippen LogP contribution in [0.15, 0.2) is 0 Å². The lowest BCUT2D eigenvalue weighted by Crippen LogP contribution is -2.23. The largest absolute Gasteiger partial charge is 0.481 e. The van der Waals surface area contributed by atoms with Gasteiger partial charge in [0.25, 0.3) is 0 Å². The Balaban J connectivity index is 0. The Kier molecular flexibility index (Phi) is 9.91. The maximum atomic E-state index is 10.2. The van der Waals surface area contributed by atoms with Crippen LogP contribution in [0.25, 0.3) is 0 Å². The third-order valence-corrected chi connectivity index (χ3v) is 1.71. The summed E-state index contributed by atoms with van der Waals surface area (Å²) in [6.45, 7) is 0. The first-order valence-electron chi connectivity index (χ1n) is 4.32. The summed E-state index contributed by atoms with van der Waals surface area (Å²) in [5.41, 5.74) is 10.7. The summed E-state index contributed by atoms with van der Waals surface area (Å²) in [6, 6.07) is -0.274. The van der Waals surface area contributed by atoms with E-state index < -0.39 is 5.97 Å². The Morgan fingerprint density at radius 2 is 2.00 bits per heavy atom. The number of hydrogen-bond acceptors (Lipinski definition) is 3. The van der Waals surface area contributed by atoms with Gasteiger partial charge in [0.2, 0.25) is 0 Å². The topological polar surface area (TPSA) is 113 Å². The van der Waals surface area contributed by atoms with Gasteiger partial charge in [0, 0.05) is 12.5 Å². The van der Waals surface area contributed by atoms with E-state index in [-0.39, 0.29) is 31.8 Å². The van der Waals surface area contributed by atoms with Gasteiger partial charge in [-0.15, -0.1) is 0 Å². The van der Waals surface area contributed by atoms with Crippen molar-refractivity contribution in [3.63, 3.8) is 0 Å². The second kappa shape index (κ2) is 8.83. The summed E-state index contributed by atoms with van der Waals surface area (Å²) in [5.74, 6) is -0.689. The van der Waals surface area contributed by atoms with E-state index in [1.54, 1.807) is 0 Å². The van der Waals surface area contributed by atoms with E-state index in [0.29, 0.717) is 12.8 Å². The zero-order valence-corrected chi connectivity index (χ0v) is 9.12. The van der Waals surface area contributed by atoms with Crippen LogP contribution in [0.2, 0.25) is 0 Å². The number of hydrogen-bond donors (Lipinski definition) is 4. The molecule has 6 N–H and O–H groups in total. The Hall–Kier alpha value is -0.750. The fraction of sp³-hybridized carbons (Fsp3) is 0.750. The Bertz CT molecular complexity index is 187. The highest BCUT2D eigenvalue weighted by molar-refractivity contribution is 7.59. The standard InChI is InChI=1S/C8H17N3O2.H2S/c9-6(5-8(12)13)3-1-2-4-7(10)11;/h6H,1-5,9H2,(H3,10,11)(H,12,13);1H2/t6-;/m0./s1. The number of aliphatic carboxylic acids is 1. The van der Waals surface area contributed by atoms with Crippen LogP contribution in [0.3, 0.4) is 0 Å². The van der Waals surface area contributed by atoms with E-state index in [1.165, 1.54) is 0 Å². The van der Waals surface area contributed by atoms with Crippen molar-refractivity contribution >= 4 is 25.3 Å². The van der Waals surface area contributed by atoms with Crippen LogP contribution >= 0.6 is 13.5 Å². The molecule has 0 aliphatic rings. The summed E-state index contributed by atoms with van der Waals surface area (Å²) < 4.78 is 0. The molecule has 84 valence electrons. The number of carboxylic acids is 1. The van der Waals surface area contributed by atoms with Crippen LogP contribution in [-0.4, -0.2) is 23.0 Å². The quantitative estimate of drug-likeness (QED) is 0.283. The first kappa shape index (κ1) is 15.7. The number of carbonyl (C=O) groups is 1. The lowest BCUT2D eigenvalue weighted by atomic mass is 10.1. The number of rotatable bonds is 7. The van der Waals surface area contributed by atoms with Crippen LogP contribution in [0.5, 0.6) is 0 Å². The molecule has 14 heavy (non-hydrogen) atoms. The molecule has 0 aliphatic heterocycles. The average Bonchev–Trinajstić information content (AvgIpc) is 1.96. The second-order valence-corrected chi connectivity index (χ2v) is 3.13. The maximum absolute atomic E-state index is 10.2. The monoisotopic (exact) mass is 221 g/mol. The summed E-state index contributed by atoms with van der Waals surface area (Å²) in [5, 5.41) is 15.3. The first-order chi connectivity index (χ1) is 6.02. The molecule has 0 unspecified atom stereocenters. The van der Waals surface area contributed by atoms with E-state index >= 15 is 0 Å². The molecule has 0 aromatic heterocycles. The number of carboxylic acid groups (broad SMARTS) is 1. The van der Waals surface area contributed by atoms with Gasteiger partial charge in [0.1, 0.15) is 0 Å². The van der Waals surface area contributed by atoms with Crippen molar-refractivity contribution in [1.29, 1.82) is 5.41 Å². The first-order valence-corrected chi connectivity index (χ1v) is 4.32. The van der Waals surface area contributed by atoms with Crippen LogP contribution in [-0.2, 0) is 4.79 Å². The second-order valence-electron chi connectivity index (χ2n) is 3.13. The predicted molar refractivity (Wildman–Crippen MR) is 61.0 cm³/mol. The molecule has 1 atom stereocenters. The van der Waals surface area contributed by atoms with E-state index in [1.807, 2.05) is 0 Å². The van der Waals surface area contributed by atoms with E-state index in [9.17, 15) is 4.79 Å². The molecular weight excluding hydrogens is 202 g/mol. The minimum Gasteiger partial charge on any atom is -0.481 e. The van der Waals surface area contributed by atoms with Crippen molar-refractivity contribution in [2.45, 2.75) is 38.1 Å². The number of amidine groups is 1.